The Morgan fingerprint density at radius 3 is 2.90 bits per heavy atom. The van der Waals surface area contributed by atoms with E-state index in [1.807, 2.05) is 20.0 Å². The summed E-state index contributed by atoms with van der Waals surface area (Å²) in [7, 11) is 4.14. The van der Waals surface area contributed by atoms with Crippen molar-refractivity contribution >= 4 is 5.69 Å². The average Bonchev–Trinajstić information content (AvgIpc) is 2.37. The molecule has 4 heteroatoms. The topological polar surface area (TPSA) is 32.5 Å². The number of hydrogen-bond donors (Lipinski definition) is 1. The van der Waals surface area contributed by atoms with Crippen molar-refractivity contribution in [1.82, 2.24) is 4.90 Å². The van der Waals surface area contributed by atoms with Gasteiger partial charge in [0.05, 0.1) is 5.69 Å². The van der Waals surface area contributed by atoms with Crippen LogP contribution in [0.1, 0.15) is 25.3 Å². The molecule has 2 unspecified atom stereocenters. The third-order valence-electron chi connectivity index (χ3n) is 4.11. The minimum atomic E-state index is -0.140. The first-order chi connectivity index (χ1) is 9.49. The summed E-state index contributed by atoms with van der Waals surface area (Å²) in [6.07, 6.45) is 3.00. The van der Waals surface area contributed by atoms with Crippen LogP contribution in [0.15, 0.2) is 18.2 Å². The van der Waals surface area contributed by atoms with E-state index in [0.717, 1.165) is 30.8 Å². The van der Waals surface area contributed by atoms with Gasteiger partial charge in [0.25, 0.3) is 0 Å². The number of nitrogens with two attached hydrogens (primary N) is 1. The van der Waals surface area contributed by atoms with Gasteiger partial charge < -0.3 is 15.5 Å². The zero-order valence-corrected chi connectivity index (χ0v) is 12.8. The van der Waals surface area contributed by atoms with Crippen molar-refractivity contribution in [3.63, 3.8) is 0 Å². The number of benzene rings is 1. The number of likely N-dealkylation sites (tertiary alicyclic amines) is 1. The maximum atomic E-state index is 14.3. The highest BCUT2D eigenvalue weighted by molar-refractivity contribution is 5.55. The van der Waals surface area contributed by atoms with E-state index in [-0.39, 0.29) is 11.9 Å². The molecule has 20 heavy (non-hydrogen) atoms. The zero-order valence-electron chi connectivity index (χ0n) is 12.8. The van der Waals surface area contributed by atoms with E-state index < -0.39 is 0 Å². The Hall–Kier alpha value is -1.13. The lowest BCUT2D eigenvalue weighted by Crippen LogP contribution is -2.45. The highest BCUT2D eigenvalue weighted by atomic mass is 19.1. The van der Waals surface area contributed by atoms with Gasteiger partial charge in [-0.3, -0.25) is 0 Å². The summed E-state index contributed by atoms with van der Waals surface area (Å²) in [5.41, 5.74) is 7.63. The van der Waals surface area contributed by atoms with E-state index in [2.05, 4.69) is 16.8 Å². The van der Waals surface area contributed by atoms with Crippen LogP contribution in [0.3, 0.4) is 0 Å². The molecule has 0 saturated carbocycles. The van der Waals surface area contributed by atoms with Crippen LogP contribution >= 0.6 is 0 Å². The Morgan fingerprint density at radius 1 is 1.50 bits per heavy atom. The first-order valence-electron chi connectivity index (χ1n) is 7.43. The van der Waals surface area contributed by atoms with Gasteiger partial charge in [-0.2, -0.15) is 0 Å². The molecule has 1 aromatic rings. The summed E-state index contributed by atoms with van der Waals surface area (Å²) in [5, 5.41) is 0. The lowest BCUT2D eigenvalue weighted by molar-refractivity contribution is 0.247. The largest absolute Gasteiger partial charge is 0.368 e. The standard InChI is InChI=1S/C16H26FN3/c1-12(18)10-13-6-4-8-15(17)16(13)20(3)14-7-5-9-19(2)11-14/h4,6,8,12,14H,5,7,9-11,18H2,1-3H3. The molecule has 0 aromatic heterocycles. The highest BCUT2D eigenvalue weighted by Crippen LogP contribution is 2.28. The molecule has 0 spiro atoms. The molecule has 1 saturated heterocycles. The average molecular weight is 279 g/mol. The van der Waals surface area contributed by atoms with E-state index in [0.29, 0.717) is 12.5 Å². The van der Waals surface area contributed by atoms with Crippen molar-refractivity contribution in [3.8, 4) is 0 Å². The fraction of sp³-hybridized carbons (Fsp3) is 0.625. The molecular weight excluding hydrogens is 253 g/mol. The van der Waals surface area contributed by atoms with Crippen LogP contribution in [-0.2, 0) is 6.42 Å². The summed E-state index contributed by atoms with van der Waals surface area (Å²) < 4.78 is 14.3. The Balaban J connectivity index is 2.25. The van der Waals surface area contributed by atoms with Crippen LogP contribution in [0.5, 0.6) is 0 Å². The highest BCUT2D eigenvalue weighted by Gasteiger charge is 2.24. The number of rotatable bonds is 4. The van der Waals surface area contributed by atoms with Crippen LogP contribution in [0.25, 0.3) is 0 Å². The predicted octanol–water partition coefficient (Wildman–Crippen LogP) is 2.25. The summed E-state index contributed by atoms with van der Waals surface area (Å²) in [6, 6.07) is 5.72. The first-order valence-corrected chi connectivity index (χ1v) is 7.43. The summed E-state index contributed by atoms with van der Waals surface area (Å²) >= 11 is 0. The van der Waals surface area contributed by atoms with Crippen LogP contribution in [0.4, 0.5) is 10.1 Å². The molecule has 3 nitrogen and oxygen atoms in total. The van der Waals surface area contributed by atoms with Gasteiger partial charge >= 0.3 is 0 Å². The Labute approximate surface area is 121 Å². The second-order valence-corrected chi connectivity index (χ2v) is 6.10. The molecule has 2 atom stereocenters. The molecule has 2 N–H and O–H groups in total. The monoisotopic (exact) mass is 279 g/mol. The molecule has 1 heterocycles. The fourth-order valence-electron chi connectivity index (χ4n) is 3.10. The van der Waals surface area contributed by atoms with Gasteiger partial charge in [-0.1, -0.05) is 12.1 Å². The number of halogens is 1. The zero-order chi connectivity index (χ0) is 14.7. The van der Waals surface area contributed by atoms with Gasteiger partial charge in [-0.05, 0) is 51.4 Å². The molecule has 1 aromatic carbocycles. The van der Waals surface area contributed by atoms with Gasteiger partial charge in [0.2, 0.25) is 0 Å². The predicted molar refractivity (Wildman–Crippen MR) is 82.7 cm³/mol. The van der Waals surface area contributed by atoms with Crippen LogP contribution in [-0.4, -0.2) is 44.2 Å². The molecule has 0 amide bonds. The minimum absolute atomic E-state index is 0.0398. The van der Waals surface area contributed by atoms with Gasteiger partial charge in [-0.25, -0.2) is 4.39 Å². The maximum Gasteiger partial charge on any atom is 0.146 e. The summed E-state index contributed by atoms with van der Waals surface area (Å²) in [6.45, 7) is 4.08. The lowest BCUT2D eigenvalue weighted by atomic mass is 10.0. The molecule has 1 aliphatic rings. The summed E-state index contributed by atoms with van der Waals surface area (Å²) in [5.74, 6) is -0.140. The first kappa shape index (κ1) is 15.3. The third-order valence-corrected chi connectivity index (χ3v) is 4.11. The Morgan fingerprint density at radius 2 is 2.25 bits per heavy atom. The van der Waals surface area contributed by atoms with Crippen LogP contribution in [0.2, 0.25) is 0 Å². The number of piperidine rings is 1. The Kier molecular flexibility index (Phi) is 5.00. The van der Waals surface area contributed by atoms with Crippen molar-refractivity contribution in [1.29, 1.82) is 0 Å². The fourth-order valence-corrected chi connectivity index (χ4v) is 3.10. The van der Waals surface area contributed by atoms with Gasteiger partial charge in [-0.15, -0.1) is 0 Å². The molecule has 0 radical (unpaired) electrons. The molecule has 1 aliphatic heterocycles. The van der Waals surface area contributed by atoms with Crippen molar-refractivity contribution in [2.24, 2.45) is 5.73 Å². The van der Waals surface area contributed by atoms with Gasteiger partial charge in [0.1, 0.15) is 5.82 Å². The lowest BCUT2D eigenvalue weighted by Gasteiger charge is -2.38. The molecule has 0 bridgehead atoms. The minimum Gasteiger partial charge on any atom is -0.368 e. The molecule has 112 valence electrons. The smallest absolute Gasteiger partial charge is 0.146 e. The molecular formula is C16H26FN3. The van der Waals surface area contributed by atoms with Crippen LogP contribution in [0, 0.1) is 5.82 Å². The van der Waals surface area contributed by atoms with Crippen molar-refractivity contribution in [2.75, 3.05) is 32.1 Å². The quantitative estimate of drug-likeness (QED) is 0.917. The number of likely N-dealkylation sites (N-methyl/N-ethyl adjacent to an activating group) is 2. The third kappa shape index (κ3) is 3.49. The van der Waals surface area contributed by atoms with Crippen molar-refractivity contribution in [3.05, 3.63) is 29.6 Å². The SMILES string of the molecule is CC(N)Cc1cccc(F)c1N(C)C1CCCN(C)C1. The molecule has 0 aliphatic carbocycles. The normalized spacial score (nSPS) is 21.8. The van der Waals surface area contributed by atoms with E-state index in [1.54, 1.807) is 12.1 Å². The number of para-hydroxylation sites is 1. The van der Waals surface area contributed by atoms with E-state index in [4.69, 9.17) is 5.73 Å². The van der Waals surface area contributed by atoms with Crippen molar-refractivity contribution < 1.29 is 4.39 Å². The van der Waals surface area contributed by atoms with Gasteiger partial charge in [0.15, 0.2) is 0 Å². The van der Waals surface area contributed by atoms with E-state index in [1.165, 1.54) is 6.42 Å². The van der Waals surface area contributed by atoms with Crippen molar-refractivity contribution in [2.45, 2.75) is 38.3 Å². The molecule has 1 fully saturated rings. The van der Waals surface area contributed by atoms with Gasteiger partial charge in [0, 0.05) is 25.7 Å². The maximum absolute atomic E-state index is 14.3. The van der Waals surface area contributed by atoms with E-state index >= 15 is 0 Å². The van der Waals surface area contributed by atoms with E-state index in [9.17, 15) is 4.39 Å². The summed E-state index contributed by atoms with van der Waals surface area (Å²) in [4.78, 5) is 4.43. The molecule has 2 rings (SSSR count). The van der Waals surface area contributed by atoms with Crippen LogP contribution < -0.4 is 10.6 Å². The Bertz CT molecular complexity index is 447. The number of hydrogen-bond acceptors (Lipinski definition) is 3. The second kappa shape index (κ2) is 6.55. The number of nitrogens with zero attached hydrogens (tertiary/aromatic N) is 2. The second-order valence-electron chi connectivity index (χ2n) is 6.10. The number of anilines is 1.